The lowest BCUT2D eigenvalue weighted by Gasteiger charge is -2.16. The highest BCUT2D eigenvalue weighted by Crippen LogP contribution is 2.16. The second-order valence-corrected chi connectivity index (χ2v) is 4.98. The smallest absolute Gasteiger partial charge is 0.260 e. The lowest BCUT2D eigenvalue weighted by molar-refractivity contribution is -0.512. The van der Waals surface area contributed by atoms with Crippen molar-refractivity contribution < 1.29 is 4.68 Å². The fourth-order valence-corrected chi connectivity index (χ4v) is 2.12. The average molecular weight is 293 g/mol. The Hall–Kier alpha value is -2.80. The largest absolute Gasteiger partial charge is 0.279 e. The predicted molar refractivity (Wildman–Crippen MR) is 88.8 cm³/mol. The molecule has 22 heavy (non-hydrogen) atoms. The van der Waals surface area contributed by atoms with Gasteiger partial charge in [-0.1, -0.05) is 36.4 Å². The number of nitrogens with one attached hydrogen (secondary N) is 2. The first kappa shape index (κ1) is 15.6. The van der Waals surface area contributed by atoms with Gasteiger partial charge < -0.3 is 0 Å². The molecule has 2 aromatic rings. The van der Waals surface area contributed by atoms with Crippen LogP contribution in [0.4, 0.5) is 5.69 Å². The maximum atomic E-state index is 9.07. The van der Waals surface area contributed by atoms with E-state index in [0.29, 0.717) is 5.56 Å². The molecular weight excluding hydrogens is 272 g/mol. The number of hydrazine groups is 1. The molecule has 0 saturated heterocycles. The monoisotopic (exact) mass is 293 g/mol. The summed E-state index contributed by atoms with van der Waals surface area (Å²) in [6.07, 6.45) is 1.88. The van der Waals surface area contributed by atoms with Crippen molar-refractivity contribution in [2.45, 2.75) is 19.9 Å². The van der Waals surface area contributed by atoms with E-state index in [-0.39, 0.29) is 6.04 Å². The molecule has 2 N–H and O–H groups in total. The van der Waals surface area contributed by atoms with Crippen molar-refractivity contribution >= 4 is 12.0 Å². The number of hydrogen-bond acceptors (Lipinski definition) is 2. The molecule has 0 aromatic heterocycles. The standard InChI is InChI=1S/C18H20N4/c1-3-20-14-22(18-11-7-8-16(12-18)13-19)21-15(2)17-9-5-4-6-10-17/h4-12,14-15,21H,3H2,1-2H3/p+1/t15-/m0/s1. The van der Waals surface area contributed by atoms with Gasteiger partial charge in [0.05, 0.1) is 24.2 Å². The van der Waals surface area contributed by atoms with E-state index in [9.17, 15) is 0 Å². The number of nitrogens with zero attached hydrogens (tertiary/aromatic N) is 2. The zero-order chi connectivity index (χ0) is 15.8. The summed E-state index contributed by atoms with van der Waals surface area (Å²) in [7, 11) is 0. The normalized spacial score (nSPS) is 12.3. The van der Waals surface area contributed by atoms with Crippen LogP contribution in [-0.4, -0.2) is 17.6 Å². The third-order valence-corrected chi connectivity index (χ3v) is 3.31. The molecule has 0 unspecified atom stereocenters. The van der Waals surface area contributed by atoms with Gasteiger partial charge in [-0.25, -0.2) is 5.43 Å². The van der Waals surface area contributed by atoms with E-state index in [1.54, 1.807) is 6.07 Å². The fraction of sp³-hybridized carbons (Fsp3) is 0.222. The molecule has 0 bridgehead atoms. The summed E-state index contributed by atoms with van der Waals surface area (Å²) in [5.74, 6) is 0. The van der Waals surface area contributed by atoms with Crippen LogP contribution in [0.1, 0.15) is 31.0 Å². The molecule has 4 nitrogen and oxygen atoms in total. The Bertz CT molecular complexity index is 671. The van der Waals surface area contributed by atoms with Crippen LogP contribution in [0.3, 0.4) is 0 Å². The number of nitriles is 1. The Kier molecular flexibility index (Phi) is 5.56. The van der Waals surface area contributed by atoms with Crippen LogP contribution in [0.25, 0.3) is 0 Å². The summed E-state index contributed by atoms with van der Waals surface area (Å²) in [5.41, 5.74) is 6.20. The molecule has 0 spiro atoms. The van der Waals surface area contributed by atoms with Gasteiger partial charge in [0.15, 0.2) is 5.69 Å². The highest BCUT2D eigenvalue weighted by Gasteiger charge is 2.11. The average Bonchev–Trinajstić information content (AvgIpc) is 2.59. The maximum absolute atomic E-state index is 9.07. The van der Waals surface area contributed by atoms with E-state index >= 15 is 0 Å². The number of hydrazone groups is 1. The molecule has 2 rings (SSSR count). The van der Waals surface area contributed by atoms with Crippen LogP contribution in [0.15, 0.2) is 54.6 Å². The minimum absolute atomic E-state index is 0.141. The zero-order valence-electron chi connectivity index (χ0n) is 13.0. The van der Waals surface area contributed by atoms with Gasteiger partial charge in [0, 0.05) is 6.07 Å². The molecule has 0 amide bonds. The molecule has 0 aliphatic rings. The van der Waals surface area contributed by atoms with Gasteiger partial charge in [0.2, 0.25) is 0 Å². The first-order valence-electron chi connectivity index (χ1n) is 7.42. The second kappa shape index (κ2) is 7.84. The Morgan fingerprint density at radius 3 is 2.64 bits per heavy atom. The van der Waals surface area contributed by atoms with Crippen LogP contribution in [-0.2, 0) is 0 Å². The van der Waals surface area contributed by atoms with E-state index in [4.69, 9.17) is 5.26 Å². The van der Waals surface area contributed by atoms with Crippen molar-refractivity contribution in [3.63, 3.8) is 0 Å². The summed E-state index contributed by atoms with van der Waals surface area (Å²) < 4.78 is 1.92. The molecule has 0 heterocycles. The topological polar surface area (TPSA) is 50.9 Å². The van der Waals surface area contributed by atoms with E-state index in [2.05, 4.69) is 35.9 Å². The Balaban J connectivity index is 2.25. The van der Waals surface area contributed by atoms with Crippen molar-refractivity contribution in [3.05, 3.63) is 65.7 Å². The van der Waals surface area contributed by atoms with E-state index < -0.39 is 0 Å². The molecule has 0 radical (unpaired) electrons. The highest BCUT2D eigenvalue weighted by molar-refractivity contribution is 5.52. The number of rotatable bonds is 6. The van der Waals surface area contributed by atoms with Gasteiger partial charge in [-0.05, 0) is 31.5 Å². The van der Waals surface area contributed by atoms with Crippen molar-refractivity contribution in [3.8, 4) is 6.07 Å². The van der Waals surface area contributed by atoms with Crippen molar-refractivity contribution in [1.82, 2.24) is 10.7 Å². The minimum Gasteiger partial charge on any atom is -0.279 e. The Morgan fingerprint density at radius 1 is 1.18 bits per heavy atom. The van der Waals surface area contributed by atoms with Gasteiger partial charge in [-0.3, -0.25) is 5.32 Å². The zero-order valence-corrected chi connectivity index (χ0v) is 13.0. The SMILES string of the molecule is CCNC=[N+](N[C@@H](C)c1ccccc1)c1cccc(C#N)c1. The van der Waals surface area contributed by atoms with Crippen LogP contribution in [0.2, 0.25) is 0 Å². The van der Waals surface area contributed by atoms with Gasteiger partial charge in [0.1, 0.15) is 0 Å². The van der Waals surface area contributed by atoms with Crippen LogP contribution >= 0.6 is 0 Å². The van der Waals surface area contributed by atoms with Gasteiger partial charge in [0.25, 0.3) is 6.34 Å². The van der Waals surface area contributed by atoms with Crippen molar-refractivity contribution in [1.29, 1.82) is 5.26 Å². The summed E-state index contributed by atoms with van der Waals surface area (Å²) >= 11 is 0. The van der Waals surface area contributed by atoms with Crippen molar-refractivity contribution in [2.24, 2.45) is 0 Å². The minimum atomic E-state index is 0.141. The molecule has 4 heteroatoms. The highest BCUT2D eigenvalue weighted by atomic mass is 15.5. The summed E-state index contributed by atoms with van der Waals surface area (Å²) in [6.45, 7) is 4.98. The van der Waals surface area contributed by atoms with Crippen LogP contribution < -0.4 is 10.7 Å². The third-order valence-electron chi connectivity index (χ3n) is 3.31. The molecule has 112 valence electrons. The quantitative estimate of drug-likeness (QED) is 0.372. The van der Waals surface area contributed by atoms with E-state index in [0.717, 1.165) is 12.2 Å². The Labute approximate surface area is 131 Å². The van der Waals surface area contributed by atoms with Crippen LogP contribution in [0, 0.1) is 11.3 Å². The van der Waals surface area contributed by atoms with E-state index in [1.807, 2.05) is 54.3 Å². The third kappa shape index (κ3) is 4.10. The predicted octanol–water partition coefficient (Wildman–Crippen LogP) is 3.11. The molecule has 1 atom stereocenters. The van der Waals surface area contributed by atoms with E-state index in [1.165, 1.54) is 5.56 Å². The van der Waals surface area contributed by atoms with Crippen molar-refractivity contribution in [2.75, 3.05) is 6.54 Å². The first-order valence-corrected chi connectivity index (χ1v) is 7.42. The second-order valence-electron chi connectivity index (χ2n) is 4.98. The molecule has 0 saturated carbocycles. The van der Waals surface area contributed by atoms with Gasteiger partial charge >= 0.3 is 0 Å². The van der Waals surface area contributed by atoms with Crippen LogP contribution in [0.5, 0.6) is 0 Å². The van der Waals surface area contributed by atoms with Gasteiger partial charge in [-0.2, -0.15) is 5.26 Å². The summed E-state index contributed by atoms with van der Waals surface area (Å²) in [6, 6.07) is 20.1. The Morgan fingerprint density at radius 2 is 1.95 bits per heavy atom. The first-order chi connectivity index (χ1) is 10.7. The lowest BCUT2D eigenvalue weighted by Crippen LogP contribution is -2.32. The maximum Gasteiger partial charge on any atom is 0.260 e. The fourth-order valence-electron chi connectivity index (χ4n) is 2.12. The molecule has 0 aliphatic carbocycles. The molecule has 0 aliphatic heterocycles. The van der Waals surface area contributed by atoms with Gasteiger partial charge in [-0.15, -0.1) is 4.68 Å². The molecule has 2 aromatic carbocycles. The lowest BCUT2D eigenvalue weighted by atomic mass is 10.1. The molecule has 0 fully saturated rings. The number of hydrogen-bond donors (Lipinski definition) is 2. The summed E-state index contributed by atoms with van der Waals surface area (Å²) in [5, 5.41) is 12.3. The molecular formula is C18H21N4+. The summed E-state index contributed by atoms with van der Waals surface area (Å²) in [4.78, 5) is 0. The number of benzene rings is 2.